The van der Waals surface area contributed by atoms with Crippen LogP contribution in [0.1, 0.15) is 39.9 Å². The first-order valence-corrected chi connectivity index (χ1v) is 6.75. The SMILES string of the molecule is Cc1cc(C(=O)CCC(=O)N[C@@H](C)C(=O)O)c(C)s1. The number of aryl methyl sites for hydroxylation is 2. The van der Waals surface area contributed by atoms with Crippen molar-refractivity contribution in [2.45, 2.75) is 39.7 Å². The van der Waals surface area contributed by atoms with E-state index < -0.39 is 17.9 Å². The van der Waals surface area contributed by atoms with Crippen molar-refractivity contribution >= 4 is 29.0 Å². The van der Waals surface area contributed by atoms with Gasteiger partial charge >= 0.3 is 5.97 Å². The minimum atomic E-state index is -1.09. The molecule has 0 bridgehead atoms. The van der Waals surface area contributed by atoms with E-state index in [0.29, 0.717) is 5.56 Å². The van der Waals surface area contributed by atoms with E-state index in [1.54, 1.807) is 11.3 Å². The van der Waals surface area contributed by atoms with Gasteiger partial charge in [0.05, 0.1) is 0 Å². The summed E-state index contributed by atoms with van der Waals surface area (Å²) in [5.74, 6) is -1.60. The fourth-order valence-corrected chi connectivity index (χ4v) is 2.59. The smallest absolute Gasteiger partial charge is 0.325 e. The summed E-state index contributed by atoms with van der Waals surface area (Å²) in [6, 6.07) is 0.882. The standard InChI is InChI=1S/C13H17NO4S/c1-7-6-10(9(3)19-7)11(15)4-5-12(16)14-8(2)13(17)18/h6,8H,4-5H2,1-3H3,(H,14,16)(H,17,18)/t8-/m0/s1. The number of hydrogen-bond donors (Lipinski definition) is 2. The predicted octanol–water partition coefficient (Wildman–Crippen LogP) is 1.92. The Morgan fingerprint density at radius 3 is 2.42 bits per heavy atom. The van der Waals surface area contributed by atoms with Crippen LogP contribution in [-0.2, 0) is 9.59 Å². The molecule has 1 amide bonds. The number of nitrogens with one attached hydrogen (secondary N) is 1. The Bertz CT molecular complexity index is 507. The van der Waals surface area contributed by atoms with Gasteiger partial charge in [0.1, 0.15) is 6.04 Å². The molecule has 1 heterocycles. The number of carbonyl (C=O) groups excluding carboxylic acids is 2. The molecule has 5 nitrogen and oxygen atoms in total. The van der Waals surface area contributed by atoms with E-state index in [9.17, 15) is 14.4 Å². The van der Waals surface area contributed by atoms with E-state index in [2.05, 4.69) is 5.32 Å². The summed E-state index contributed by atoms with van der Waals surface area (Å²) < 4.78 is 0. The maximum Gasteiger partial charge on any atom is 0.325 e. The summed E-state index contributed by atoms with van der Waals surface area (Å²) in [7, 11) is 0. The van der Waals surface area contributed by atoms with Crippen LogP contribution in [0.2, 0.25) is 0 Å². The largest absolute Gasteiger partial charge is 0.480 e. The summed E-state index contributed by atoms with van der Waals surface area (Å²) in [6.07, 6.45) is 0.0972. The molecule has 104 valence electrons. The molecule has 6 heteroatoms. The molecule has 1 atom stereocenters. The number of aliphatic carboxylic acids is 1. The summed E-state index contributed by atoms with van der Waals surface area (Å²) in [5.41, 5.74) is 0.654. The molecule has 1 aromatic heterocycles. The van der Waals surface area contributed by atoms with Gasteiger partial charge in [0.25, 0.3) is 0 Å². The third-order valence-electron chi connectivity index (χ3n) is 2.67. The van der Waals surface area contributed by atoms with Gasteiger partial charge in [0, 0.05) is 28.2 Å². The number of thiophene rings is 1. The van der Waals surface area contributed by atoms with Crippen molar-refractivity contribution in [3.63, 3.8) is 0 Å². The van der Waals surface area contributed by atoms with Gasteiger partial charge in [0.2, 0.25) is 5.91 Å². The quantitative estimate of drug-likeness (QED) is 0.781. The molecule has 0 saturated heterocycles. The lowest BCUT2D eigenvalue weighted by atomic mass is 10.1. The minimum Gasteiger partial charge on any atom is -0.480 e. The zero-order valence-corrected chi connectivity index (χ0v) is 12.0. The Hall–Kier alpha value is -1.69. The van der Waals surface area contributed by atoms with Crippen LogP contribution in [0.25, 0.3) is 0 Å². The highest BCUT2D eigenvalue weighted by Gasteiger charge is 2.16. The van der Waals surface area contributed by atoms with Crippen molar-refractivity contribution in [2.75, 3.05) is 0 Å². The van der Waals surface area contributed by atoms with Crippen molar-refractivity contribution in [1.82, 2.24) is 5.32 Å². The van der Waals surface area contributed by atoms with Gasteiger partial charge in [-0.1, -0.05) is 0 Å². The number of Topliss-reactive ketones (excluding diaryl/α,β-unsaturated/α-hetero) is 1. The van der Waals surface area contributed by atoms with Crippen LogP contribution in [0.4, 0.5) is 0 Å². The minimum absolute atomic E-state index is 0.00475. The fraction of sp³-hybridized carbons (Fsp3) is 0.462. The van der Waals surface area contributed by atoms with Gasteiger partial charge < -0.3 is 10.4 Å². The number of carboxylic acid groups (broad SMARTS) is 1. The van der Waals surface area contributed by atoms with Crippen LogP contribution < -0.4 is 5.32 Å². The third kappa shape index (κ3) is 4.48. The van der Waals surface area contributed by atoms with Crippen LogP contribution in [0, 0.1) is 13.8 Å². The lowest BCUT2D eigenvalue weighted by Crippen LogP contribution is -2.38. The van der Waals surface area contributed by atoms with Gasteiger partial charge in [-0.25, -0.2) is 0 Å². The topological polar surface area (TPSA) is 83.5 Å². The van der Waals surface area contributed by atoms with E-state index in [1.807, 2.05) is 19.9 Å². The second-order valence-electron chi connectivity index (χ2n) is 4.38. The van der Waals surface area contributed by atoms with Crippen LogP contribution in [-0.4, -0.2) is 28.8 Å². The predicted molar refractivity (Wildman–Crippen MR) is 72.6 cm³/mol. The Kier molecular flexibility index (Phi) is 5.23. The number of amides is 1. The maximum absolute atomic E-state index is 11.9. The van der Waals surface area contributed by atoms with Gasteiger partial charge in [-0.05, 0) is 26.8 Å². The lowest BCUT2D eigenvalue weighted by molar-refractivity contribution is -0.141. The number of ketones is 1. The highest BCUT2D eigenvalue weighted by atomic mass is 32.1. The van der Waals surface area contributed by atoms with Crippen LogP contribution >= 0.6 is 11.3 Å². The highest BCUT2D eigenvalue weighted by Crippen LogP contribution is 2.22. The zero-order valence-electron chi connectivity index (χ0n) is 11.1. The molecule has 0 saturated carbocycles. The van der Waals surface area contributed by atoms with E-state index in [-0.39, 0.29) is 18.6 Å². The lowest BCUT2D eigenvalue weighted by Gasteiger charge is -2.08. The Morgan fingerprint density at radius 2 is 1.95 bits per heavy atom. The van der Waals surface area contributed by atoms with Gasteiger partial charge in [-0.15, -0.1) is 11.3 Å². The van der Waals surface area contributed by atoms with Crippen molar-refractivity contribution < 1.29 is 19.5 Å². The molecule has 19 heavy (non-hydrogen) atoms. The molecule has 0 spiro atoms. The molecule has 0 aliphatic heterocycles. The first kappa shape index (κ1) is 15.4. The average Bonchev–Trinajstić information content (AvgIpc) is 2.65. The van der Waals surface area contributed by atoms with Gasteiger partial charge in [-0.3, -0.25) is 14.4 Å². The Labute approximate surface area is 115 Å². The maximum atomic E-state index is 11.9. The van der Waals surface area contributed by atoms with Crippen molar-refractivity contribution in [2.24, 2.45) is 0 Å². The molecule has 2 N–H and O–H groups in total. The molecular formula is C13H17NO4S. The van der Waals surface area contributed by atoms with Crippen LogP contribution in [0.15, 0.2) is 6.07 Å². The number of carboxylic acids is 1. The molecule has 0 aliphatic rings. The van der Waals surface area contributed by atoms with E-state index in [1.165, 1.54) is 6.92 Å². The molecule has 1 aromatic rings. The molecule has 0 fully saturated rings. The van der Waals surface area contributed by atoms with Crippen molar-refractivity contribution in [1.29, 1.82) is 0 Å². The Balaban J connectivity index is 2.49. The normalized spacial score (nSPS) is 11.9. The summed E-state index contributed by atoms with van der Waals surface area (Å²) in [5, 5.41) is 11.0. The fourth-order valence-electron chi connectivity index (χ4n) is 1.64. The molecular weight excluding hydrogens is 266 g/mol. The summed E-state index contributed by atoms with van der Waals surface area (Å²) in [6.45, 7) is 5.18. The van der Waals surface area contributed by atoms with E-state index in [0.717, 1.165) is 9.75 Å². The number of carbonyl (C=O) groups is 3. The molecule has 1 rings (SSSR count). The second-order valence-corrected chi connectivity index (χ2v) is 5.84. The summed E-state index contributed by atoms with van der Waals surface area (Å²) in [4.78, 5) is 35.9. The summed E-state index contributed by atoms with van der Waals surface area (Å²) >= 11 is 1.55. The Morgan fingerprint density at radius 1 is 1.32 bits per heavy atom. The van der Waals surface area contributed by atoms with E-state index >= 15 is 0 Å². The molecule has 0 unspecified atom stereocenters. The van der Waals surface area contributed by atoms with Crippen LogP contribution in [0.5, 0.6) is 0 Å². The van der Waals surface area contributed by atoms with Gasteiger partial charge in [0.15, 0.2) is 5.78 Å². The van der Waals surface area contributed by atoms with Crippen LogP contribution in [0.3, 0.4) is 0 Å². The third-order valence-corrected chi connectivity index (χ3v) is 3.63. The number of rotatable bonds is 6. The van der Waals surface area contributed by atoms with Gasteiger partial charge in [-0.2, -0.15) is 0 Å². The molecule has 0 radical (unpaired) electrons. The molecule has 0 aliphatic carbocycles. The van der Waals surface area contributed by atoms with Crippen molar-refractivity contribution in [3.05, 3.63) is 21.4 Å². The second kappa shape index (κ2) is 6.47. The monoisotopic (exact) mass is 283 g/mol. The number of hydrogen-bond acceptors (Lipinski definition) is 4. The first-order valence-electron chi connectivity index (χ1n) is 5.93. The zero-order chi connectivity index (χ0) is 14.6. The van der Waals surface area contributed by atoms with Crippen molar-refractivity contribution in [3.8, 4) is 0 Å². The van der Waals surface area contributed by atoms with E-state index in [4.69, 9.17) is 5.11 Å². The highest BCUT2D eigenvalue weighted by molar-refractivity contribution is 7.12. The first-order chi connectivity index (χ1) is 8.81. The molecule has 0 aromatic carbocycles. The average molecular weight is 283 g/mol.